The van der Waals surface area contributed by atoms with E-state index in [1.54, 1.807) is 12.4 Å². The molecule has 17 heavy (non-hydrogen) atoms. The number of carbonyl (C=O) groups is 1. The minimum absolute atomic E-state index is 0.0613. The van der Waals surface area contributed by atoms with Crippen molar-refractivity contribution in [2.45, 2.75) is 20.8 Å². The van der Waals surface area contributed by atoms with Crippen LogP contribution in [-0.2, 0) is 0 Å². The Labute approximate surface area is 101 Å². The van der Waals surface area contributed by atoms with Gasteiger partial charge in [0.2, 0.25) is 0 Å². The summed E-state index contributed by atoms with van der Waals surface area (Å²) in [6.45, 7) is 5.86. The van der Waals surface area contributed by atoms with Crippen molar-refractivity contribution in [3.05, 3.63) is 64.5 Å². The molecule has 2 nitrogen and oxygen atoms in total. The summed E-state index contributed by atoms with van der Waals surface area (Å²) in [5.74, 6) is 0.0613. The van der Waals surface area contributed by atoms with Gasteiger partial charge in [-0.25, -0.2) is 0 Å². The second-order valence-corrected chi connectivity index (χ2v) is 4.29. The fraction of sp³-hybridized carbons (Fsp3) is 0.200. The molecule has 1 aromatic carbocycles. The number of hydrogen-bond acceptors (Lipinski definition) is 2. The predicted octanol–water partition coefficient (Wildman–Crippen LogP) is 3.24. The first kappa shape index (κ1) is 11.5. The third-order valence-corrected chi connectivity index (χ3v) is 2.99. The van der Waals surface area contributed by atoms with Crippen LogP contribution in [0.5, 0.6) is 0 Å². The number of hydrogen-bond donors (Lipinski definition) is 0. The molecule has 0 aliphatic rings. The van der Waals surface area contributed by atoms with E-state index in [9.17, 15) is 4.79 Å². The molecular formula is C15H15NO. The van der Waals surface area contributed by atoms with Crippen LogP contribution < -0.4 is 0 Å². The van der Waals surface area contributed by atoms with Crippen molar-refractivity contribution in [2.75, 3.05) is 0 Å². The van der Waals surface area contributed by atoms with Crippen LogP contribution in [0.3, 0.4) is 0 Å². The van der Waals surface area contributed by atoms with E-state index in [-0.39, 0.29) is 5.78 Å². The summed E-state index contributed by atoms with van der Waals surface area (Å²) < 4.78 is 0. The van der Waals surface area contributed by atoms with Crippen LogP contribution in [0.1, 0.15) is 32.6 Å². The van der Waals surface area contributed by atoms with E-state index < -0.39 is 0 Å². The third-order valence-electron chi connectivity index (χ3n) is 2.99. The molecule has 0 aliphatic carbocycles. The van der Waals surface area contributed by atoms with E-state index in [0.29, 0.717) is 5.56 Å². The van der Waals surface area contributed by atoms with Gasteiger partial charge in [-0.15, -0.1) is 0 Å². The minimum Gasteiger partial charge on any atom is -0.289 e. The summed E-state index contributed by atoms with van der Waals surface area (Å²) in [6.07, 6.45) is 3.35. The topological polar surface area (TPSA) is 30.0 Å². The molecule has 0 saturated heterocycles. The van der Waals surface area contributed by atoms with Gasteiger partial charge in [0.1, 0.15) is 0 Å². The number of aryl methyl sites for hydroxylation is 3. The molecule has 0 unspecified atom stereocenters. The fourth-order valence-electron chi connectivity index (χ4n) is 2.01. The Hall–Kier alpha value is -1.96. The Bertz CT molecular complexity index is 553. The molecule has 0 amide bonds. The molecule has 2 aromatic rings. The molecule has 2 rings (SSSR count). The quantitative estimate of drug-likeness (QED) is 0.734. The van der Waals surface area contributed by atoms with Gasteiger partial charge in [-0.3, -0.25) is 9.78 Å². The molecule has 0 bridgehead atoms. The highest BCUT2D eigenvalue weighted by atomic mass is 16.1. The van der Waals surface area contributed by atoms with Crippen LogP contribution in [0.4, 0.5) is 0 Å². The molecule has 0 aliphatic heterocycles. The molecule has 0 fully saturated rings. The van der Waals surface area contributed by atoms with Crippen LogP contribution >= 0.6 is 0 Å². The van der Waals surface area contributed by atoms with Gasteiger partial charge in [-0.2, -0.15) is 0 Å². The highest BCUT2D eigenvalue weighted by molar-refractivity contribution is 6.11. The fourth-order valence-corrected chi connectivity index (χ4v) is 2.01. The van der Waals surface area contributed by atoms with Crippen molar-refractivity contribution in [3.63, 3.8) is 0 Å². The normalized spacial score (nSPS) is 10.3. The number of carbonyl (C=O) groups excluding carboxylic acids is 1. The lowest BCUT2D eigenvalue weighted by Crippen LogP contribution is -2.08. The SMILES string of the molecule is Cc1ccncc1C(=O)c1c(C)cccc1C. The smallest absolute Gasteiger partial charge is 0.195 e. The Kier molecular flexibility index (Phi) is 3.05. The van der Waals surface area contributed by atoms with Gasteiger partial charge in [0.15, 0.2) is 5.78 Å². The van der Waals surface area contributed by atoms with Crippen LogP contribution in [0.2, 0.25) is 0 Å². The molecule has 0 N–H and O–H groups in total. The zero-order valence-electron chi connectivity index (χ0n) is 10.3. The first-order chi connectivity index (χ1) is 8.11. The maximum atomic E-state index is 12.5. The Morgan fingerprint density at radius 2 is 1.65 bits per heavy atom. The lowest BCUT2D eigenvalue weighted by molar-refractivity contribution is 0.103. The molecule has 86 valence electrons. The Morgan fingerprint density at radius 1 is 1.00 bits per heavy atom. The van der Waals surface area contributed by atoms with Crippen LogP contribution in [-0.4, -0.2) is 10.8 Å². The first-order valence-electron chi connectivity index (χ1n) is 5.63. The average Bonchev–Trinajstić information content (AvgIpc) is 2.29. The first-order valence-corrected chi connectivity index (χ1v) is 5.63. The summed E-state index contributed by atoms with van der Waals surface area (Å²) in [4.78, 5) is 16.5. The van der Waals surface area contributed by atoms with E-state index in [1.807, 2.05) is 45.0 Å². The van der Waals surface area contributed by atoms with Crippen molar-refractivity contribution < 1.29 is 4.79 Å². The third kappa shape index (κ3) is 2.11. The standard InChI is InChI=1S/C15H15NO/c1-10-7-8-16-9-13(10)15(17)14-11(2)5-4-6-12(14)3/h4-9H,1-3H3. The minimum atomic E-state index is 0.0613. The maximum Gasteiger partial charge on any atom is 0.195 e. The molecular weight excluding hydrogens is 210 g/mol. The van der Waals surface area contributed by atoms with Gasteiger partial charge in [-0.05, 0) is 43.5 Å². The lowest BCUT2D eigenvalue weighted by Gasteiger charge is -2.09. The lowest BCUT2D eigenvalue weighted by atomic mass is 9.94. The summed E-state index contributed by atoms with van der Waals surface area (Å²) in [5.41, 5.74) is 4.47. The summed E-state index contributed by atoms with van der Waals surface area (Å²) in [6, 6.07) is 7.76. The van der Waals surface area contributed by atoms with Crippen LogP contribution in [0, 0.1) is 20.8 Å². The maximum absolute atomic E-state index is 12.5. The molecule has 1 heterocycles. The van der Waals surface area contributed by atoms with Gasteiger partial charge in [0.05, 0.1) is 0 Å². The molecule has 0 atom stereocenters. The molecule has 0 radical (unpaired) electrons. The molecule has 0 saturated carbocycles. The van der Waals surface area contributed by atoms with Crippen LogP contribution in [0.25, 0.3) is 0 Å². The Balaban J connectivity index is 2.56. The number of nitrogens with zero attached hydrogens (tertiary/aromatic N) is 1. The van der Waals surface area contributed by atoms with Crippen molar-refractivity contribution in [3.8, 4) is 0 Å². The Morgan fingerprint density at radius 3 is 2.24 bits per heavy atom. The zero-order chi connectivity index (χ0) is 12.4. The molecule has 2 heteroatoms. The van der Waals surface area contributed by atoms with E-state index in [1.165, 1.54) is 0 Å². The van der Waals surface area contributed by atoms with E-state index in [2.05, 4.69) is 4.98 Å². The number of aromatic nitrogens is 1. The monoisotopic (exact) mass is 225 g/mol. The van der Waals surface area contributed by atoms with Gasteiger partial charge in [0.25, 0.3) is 0 Å². The summed E-state index contributed by atoms with van der Waals surface area (Å²) >= 11 is 0. The highest BCUT2D eigenvalue weighted by Gasteiger charge is 2.15. The highest BCUT2D eigenvalue weighted by Crippen LogP contribution is 2.19. The van der Waals surface area contributed by atoms with E-state index in [0.717, 1.165) is 22.3 Å². The van der Waals surface area contributed by atoms with Gasteiger partial charge in [0, 0.05) is 23.5 Å². The van der Waals surface area contributed by atoms with E-state index >= 15 is 0 Å². The van der Waals surface area contributed by atoms with Crippen LogP contribution in [0.15, 0.2) is 36.7 Å². The van der Waals surface area contributed by atoms with Gasteiger partial charge >= 0.3 is 0 Å². The van der Waals surface area contributed by atoms with Gasteiger partial charge in [-0.1, -0.05) is 18.2 Å². The number of ketones is 1. The number of pyridine rings is 1. The summed E-state index contributed by atoms with van der Waals surface area (Å²) in [7, 11) is 0. The van der Waals surface area contributed by atoms with Crippen molar-refractivity contribution in [1.82, 2.24) is 4.98 Å². The predicted molar refractivity (Wildman–Crippen MR) is 68.3 cm³/mol. The number of rotatable bonds is 2. The van der Waals surface area contributed by atoms with Crippen molar-refractivity contribution in [2.24, 2.45) is 0 Å². The summed E-state index contributed by atoms with van der Waals surface area (Å²) in [5, 5.41) is 0. The van der Waals surface area contributed by atoms with Gasteiger partial charge < -0.3 is 0 Å². The van der Waals surface area contributed by atoms with E-state index in [4.69, 9.17) is 0 Å². The zero-order valence-corrected chi connectivity index (χ0v) is 10.3. The average molecular weight is 225 g/mol. The largest absolute Gasteiger partial charge is 0.289 e. The molecule has 0 spiro atoms. The second kappa shape index (κ2) is 4.50. The van der Waals surface area contributed by atoms with Crippen molar-refractivity contribution >= 4 is 5.78 Å². The second-order valence-electron chi connectivity index (χ2n) is 4.29. The number of benzene rings is 1. The molecule has 1 aromatic heterocycles. The van der Waals surface area contributed by atoms with Crippen molar-refractivity contribution in [1.29, 1.82) is 0 Å².